The maximum Gasteiger partial charge on any atom is 0.337 e. The zero-order valence-corrected chi connectivity index (χ0v) is 14.5. The van der Waals surface area contributed by atoms with Crippen molar-refractivity contribution < 1.29 is 19.1 Å². The molecule has 6 heteroatoms. The number of hydrogen-bond acceptors (Lipinski definition) is 5. The normalized spacial score (nSPS) is 10.4. The second kappa shape index (κ2) is 8.30. The standard InChI is InChI=1S/C19H22N2O4/c1-12(2)25-17-9-8-15(19(23)24-3)10-16(17)21-18(22)14-6-4-13(11-20)5-7-14/h4-10,12H,11,20H2,1-3H3,(H,21,22). The number of anilines is 1. The van der Waals surface area contributed by atoms with Gasteiger partial charge in [-0.3, -0.25) is 4.79 Å². The highest BCUT2D eigenvalue weighted by Crippen LogP contribution is 2.28. The van der Waals surface area contributed by atoms with E-state index >= 15 is 0 Å². The predicted octanol–water partition coefficient (Wildman–Crippen LogP) is 2.97. The first-order valence-electron chi connectivity index (χ1n) is 7.94. The van der Waals surface area contributed by atoms with E-state index in [0.717, 1.165) is 5.56 Å². The van der Waals surface area contributed by atoms with Crippen LogP contribution in [-0.2, 0) is 11.3 Å². The van der Waals surface area contributed by atoms with Crippen molar-refractivity contribution in [3.05, 3.63) is 59.2 Å². The summed E-state index contributed by atoms with van der Waals surface area (Å²) in [5, 5.41) is 2.79. The van der Waals surface area contributed by atoms with E-state index < -0.39 is 5.97 Å². The summed E-state index contributed by atoms with van der Waals surface area (Å²) in [5.74, 6) is -0.312. The molecule has 0 radical (unpaired) electrons. The van der Waals surface area contributed by atoms with Gasteiger partial charge in [0.1, 0.15) is 5.75 Å². The minimum absolute atomic E-state index is 0.0801. The Labute approximate surface area is 146 Å². The molecule has 3 N–H and O–H groups in total. The number of nitrogens with two attached hydrogens (primary N) is 1. The Balaban J connectivity index is 2.30. The summed E-state index contributed by atoms with van der Waals surface area (Å²) in [7, 11) is 1.30. The number of rotatable bonds is 6. The van der Waals surface area contributed by atoms with E-state index in [-0.39, 0.29) is 12.0 Å². The van der Waals surface area contributed by atoms with Gasteiger partial charge >= 0.3 is 5.97 Å². The minimum atomic E-state index is -0.487. The molecule has 0 heterocycles. The highest BCUT2D eigenvalue weighted by molar-refractivity contribution is 6.05. The van der Waals surface area contributed by atoms with Gasteiger partial charge in [0.05, 0.1) is 24.5 Å². The van der Waals surface area contributed by atoms with Gasteiger partial charge in [0, 0.05) is 12.1 Å². The zero-order chi connectivity index (χ0) is 18.4. The number of carbonyl (C=O) groups is 2. The molecule has 0 bridgehead atoms. The first-order valence-corrected chi connectivity index (χ1v) is 7.94. The van der Waals surface area contributed by atoms with Crippen LogP contribution in [-0.4, -0.2) is 25.1 Å². The summed E-state index contributed by atoms with van der Waals surface area (Å²) >= 11 is 0. The molecule has 0 fully saturated rings. The molecular weight excluding hydrogens is 320 g/mol. The average molecular weight is 342 g/mol. The van der Waals surface area contributed by atoms with Crippen LogP contribution >= 0.6 is 0 Å². The molecule has 0 aliphatic heterocycles. The second-order valence-corrected chi connectivity index (χ2v) is 5.72. The molecule has 2 rings (SSSR count). The van der Waals surface area contributed by atoms with E-state index in [2.05, 4.69) is 5.32 Å². The van der Waals surface area contributed by atoms with Gasteiger partial charge in [-0.15, -0.1) is 0 Å². The number of benzene rings is 2. The number of carbonyl (C=O) groups excluding carboxylic acids is 2. The van der Waals surface area contributed by atoms with Gasteiger partial charge in [0.15, 0.2) is 0 Å². The summed E-state index contributed by atoms with van der Waals surface area (Å²) in [6, 6.07) is 11.8. The van der Waals surface area contributed by atoms with Crippen LogP contribution in [0.1, 0.15) is 40.1 Å². The number of hydrogen-bond donors (Lipinski definition) is 2. The van der Waals surface area contributed by atoms with Crippen molar-refractivity contribution in [3.8, 4) is 5.75 Å². The molecule has 132 valence electrons. The molecule has 2 aromatic rings. The summed E-state index contributed by atoms with van der Waals surface area (Å²) in [6.45, 7) is 4.17. The monoisotopic (exact) mass is 342 g/mol. The molecule has 1 amide bonds. The van der Waals surface area contributed by atoms with E-state index in [1.807, 2.05) is 13.8 Å². The lowest BCUT2D eigenvalue weighted by molar-refractivity contribution is 0.0600. The van der Waals surface area contributed by atoms with Crippen LogP contribution in [0.4, 0.5) is 5.69 Å². The van der Waals surface area contributed by atoms with Crippen molar-refractivity contribution in [2.45, 2.75) is 26.5 Å². The molecule has 0 aliphatic rings. The topological polar surface area (TPSA) is 90.6 Å². The third-order valence-corrected chi connectivity index (χ3v) is 3.46. The lowest BCUT2D eigenvalue weighted by Gasteiger charge is -2.16. The third-order valence-electron chi connectivity index (χ3n) is 3.46. The highest BCUT2D eigenvalue weighted by atomic mass is 16.5. The molecule has 0 saturated carbocycles. The number of nitrogens with one attached hydrogen (secondary N) is 1. The van der Waals surface area contributed by atoms with Crippen molar-refractivity contribution in [1.82, 2.24) is 0 Å². The van der Waals surface area contributed by atoms with Crippen molar-refractivity contribution in [3.63, 3.8) is 0 Å². The Morgan fingerprint density at radius 2 is 1.72 bits per heavy atom. The lowest BCUT2D eigenvalue weighted by atomic mass is 10.1. The first kappa shape index (κ1) is 18.5. The van der Waals surface area contributed by atoms with Gasteiger partial charge in [-0.05, 0) is 49.7 Å². The fourth-order valence-corrected chi connectivity index (χ4v) is 2.22. The largest absolute Gasteiger partial charge is 0.489 e. The molecule has 0 spiro atoms. The number of methoxy groups -OCH3 is 1. The molecule has 6 nitrogen and oxygen atoms in total. The van der Waals surface area contributed by atoms with E-state index in [1.165, 1.54) is 13.2 Å². The van der Waals surface area contributed by atoms with Crippen LogP contribution in [0.25, 0.3) is 0 Å². The van der Waals surface area contributed by atoms with Crippen LogP contribution in [0.2, 0.25) is 0 Å². The molecular formula is C19H22N2O4. The SMILES string of the molecule is COC(=O)c1ccc(OC(C)C)c(NC(=O)c2ccc(CN)cc2)c1. The van der Waals surface area contributed by atoms with Gasteiger partial charge in [-0.25, -0.2) is 4.79 Å². The van der Waals surface area contributed by atoms with E-state index in [0.29, 0.717) is 29.1 Å². The van der Waals surface area contributed by atoms with Crippen molar-refractivity contribution in [2.75, 3.05) is 12.4 Å². The Morgan fingerprint density at radius 3 is 2.28 bits per heavy atom. The maximum absolute atomic E-state index is 12.5. The van der Waals surface area contributed by atoms with Crippen molar-refractivity contribution in [2.24, 2.45) is 5.73 Å². The van der Waals surface area contributed by atoms with Gasteiger partial charge in [-0.1, -0.05) is 12.1 Å². The molecule has 0 aliphatic carbocycles. The average Bonchev–Trinajstić information content (AvgIpc) is 2.62. The van der Waals surface area contributed by atoms with Crippen molar-refractivity contribution >= 4 is 17.6 Å². The lowest BCUT2D eigenvalue weighted by Crippen LogP contribution is -2.15. The van der Waals surface area contributed by atoms with Gasteiger partial charge < -0.3 is 20.5 Å². The quantitative estimate of drug-likeness (QED) is 0.788. The molecule has 25 heavy (non-hydrogen) atoms. The fourth-order valence-electron chi connectivity index (χ4n) is 2.22. The first-order chi connectivity index (χ1) is 11.9. The van der Waals surface area contributed by atoms with Crippen LogP contribution in [0, 0.1) is 0 Å². The Bertz CT molecular complexity index is 755. The van der Waals surface area contributed by atoms with Crippen LogP contribution in [0.15, 0.2) is 42.5 Å². The smallest absolute Gasteiger partial charge is 0.337 e. The van der Waals surface area contributed by atoms with Gasteiger partial charge in [0.2, 0.25) is 0 Å². The number of esters is 1. The second-order valence-electron chi connectivity index (χ2n) is 5.72. The molecule has 0 unspecified atom stereocenters. The summed E-state index contributed by atoms with van der Waals surface area (Å²) in [4.78, 5) is 24.2. The Kier molecular flexibility index (Phi) is 6.14. The van der Waals surface area contributed by atoms with E-state index in [4.69, 9.17) is 15.2 Å². The highest BCUT2D eigenvalue weighted by Gasteiger charge is 2.15. The van der Waals surface area contributed by atoms with E-state index in [1.54, 1.807) is 36.4 Å². The van der Waals surface area contributed by atoms with Crippen molar-refractivity contribution in [1.29, 1.82) is 0 Å². The maximum atomic E-state index is 12.5. The van der Waals surface area contributed by atoms with Crippen LogP contribution in [0.5, 0.6) is 5.75 Å². The Hall–Kier alpha value is -2.86. The predicted molar refractivity (Wildman–Crippen MR) is 95.8 cm³/mol. The number of ether oxygens (including phenoxy) is 2. The fraction of sp³-hybridized carbons (Fsp3) is 0.263. The Morgan fingerprint density at radius 1 is 1.08 bits per heavy atom. The zero-order valence-electron chi connectivity index (χ0n) is 14.5. The van der Waals surface area contributed by atoms with Crippen LogP contribution < -0.4 is 15.8 Å². The summed E-state index contributed by atoms with van der Waals surface area (Å²) < 4.78 is 10.4. The summed E-state index contributed by atoms with van der Waals surface area (Å²) in [5.41, 5.74) is 7.72. The molecule has 0 atom stereocenters. The minimum Gasteiger partial charge on any atom is -0.489 e. The van der Waals surface area contributed by atoms with E-state index in [9.17, 15) is 9.59 Å². The molecule has 0 saturated heterocycles. The van der Waals surface area contributed by atoms with Gasteiger partial charge in [0.25, 0.3) is 5.91 Å². The van der Waals surface area contributed by atoms with Crippen LogP contribution in [0.3, 0.4) is 0 Å². The molecule has 0 aromatic heterocycles. The van der Waals surface area contributed by atoms with Gasteiger partial charge in [-0.2, -0.15) is 0 Å². The third kappa shape index (κ3) is 4.81. The number of amides is 1. The summed E-state index contributed by atoms with van der Waals surface area (Å²) in [6.07, 6.45) is -0.0801. The molecule has 2 aromatic carbocycles.